The predicted molar refractivity (Wildman–Crippen MR) is 113 cm³/mol. The Morgan fingerprint density at radius 1 is 1.24 bits per heavy atom. The van der Waals surface area contributed by atoms with E-state index in [0.717, 1.165) is 45.7 Å². The highest BCUT2D eigenvalue weighted by molar-refractivity contribution is 6.02. The fourth-order valence-corrected chi connectivity index (χ4v) is 3.54. The molecule has 0 aliphatic carbocycles. The van der Waals surface area contributed by atoms with Gasteiger partial charge in [-0.3, -0.25) is 14.8 Å². The summed E-state index contributed by atoms with van der Waals surface area (Å²) in [7, 11) is 0. The fourth-order valence-electron chi connectivity index (χ4n) is 3.54. The van der Waals surface area contributed by atoms with Gasteiger partial charge in [0, 0.05) is 42.7 Å². The molecule has 1 aliphatic rings. The quantitative estimate of drug-likeness (QED) is 0.601. The lowest BCUT2D eigenvalue weighted by Gasteiger charge is -2.14. The molecule has 0 saturated carbocycles. The molecular weight excluding hydrogens is 364 g/mol. The number of benzene rings is 1. The number of aryl methyl sites for hydroxylation is 1. The molecule has 29 heavy (non-hydrogen) atoms. The van der Waals surface area contributed by atoms with E-state index in [1.807, 2.05) is 56.3 Å². The zero-order valence-electron chi connectivity index (χ0n) is 16.8. The average molecular weight is 388 g/mol. The molecule has 1 aliphatic heterocycles. The third-order valence-corrected chi connectivity index (χ3v) is 4.95. The number of rotatable bonds is 6. The molecular formula is C23H24N4O2. The van der Waals surface area contributed by atoms with Crippen molar-refractivity contribution in [2.75, 3.05) is 13.2 Å². The maximum atomic E-state index is 12.1. The van der Waals surface area contributed by atoms with E-state index >= 15 is 0 Å². The van der Waals surface area contributed by atoms with Gasteiger partial charge in [-0.25, -0.2) is 5.01 Å². The summed E-state index contributed by atoms with van der Waals surface area (Å²) < 4.78 is 5.60. The van der Waals surface area contributed by atoms with Gasteiger partial charge >= 0.3 is 0 Å². The van der Waals surface area contributed by atoms with Crippen LogP contribution in [0.1, 0.15) is 36.7 Å². The summed E-state index contributed by atoms with van der Waals surface area (Å²) in [5.41, 5.74) is 4.46. The number of hydrazone groups is 1. The second-order valence-corrected chi connectivity index (χ2v) is 7.09. The predicted octanol–water partition coefficient (Wildman–Crippen LogP) is 3.91. The summed E-state index contributed by atoms with van der Waals surface area (Å²) in [5.74, 6) is 0.873. The lowest BCUT2D eigenvalue weighted by Crippen LogP contribution is -2.22. The molecule has 6 nitrogen and oxygen atoms in total. The Morgan fingerprint density at radius 2 is 2.14 bits per heavy atom. The first kappa shape index (κ1) is 19.1. The Morgan fingerprint density at radius 3 is 2.90 bits per heavy atom. The van der Waals surface area contributed by atoms with Gasteiger partial charge < -0.3 is 4.74 Å². The Balaban J connectivity index is 1.74. The van der Waals surface area contributed by atoms with Crippen molar-refractivity contribution in [2.45, 2.75) is 33.1 Å². The third-order valence-electron chi connectivity index (χ3n) is 4.95. The van der Waals surface area contributed by atoms with E-state index in [4.69, 9.17) is 9.84 Å². The first-order valence-electron chi connectivity index (χ1n) is 9.96. The van der Waals surface area contributed by atoms with Crippen LogP contribution in [-0.4, -0.2) is 39.7 Å². The molecule has 2 aromatic heterocycles. The molecule has 3 aromatic rings. The molecule has 148 valence electrons. The van der Waals surface area contributed by atoms with E-state index in [9.17, 15) is 4.79 Å². The van der Waals surface area contributed by atoms with Gasteiger partial charge in [0.15, 0.2) is 0 Å². The van der Waals surface area contributed by atoms with Crippen molar-refractivity contribution in [2.24, 2.45) is 5.10 Å². The van der Waals surface area contributed by atoms with E-state index in [-0.39, 0.29) is 5.91 Å². The van der Waals surface area contributed by atoms with Crippen LogP contribution < -0.4 is 4.74 Å². The summed E-state index contributed by atoms with van der Waals surface area (Å²) >= 11 is 0. The zero-order valence-corrected chi connectivity index (χ0v) is 16.8. The van der Waals surface area contributed by atoms with Crippen molar-refractivity contribution in [3.63, 3.8) is 0 Å². The Bertz CT molecular complexity index is 1080. The molecule has 1 aromatic carbocycles. The number of ether oxygens (including phenoxy) is 1. The van der Waals surface area contributed by atoms with Crippen LogP contribution in [0.3, 0.4) is 0 Å². The van der Waals surface area contributed by atoms with E-state index in [1.165, 1.54) is 0 Å². The number of fused-ring (bicyclic) bond motifs is 1. The number of amides is 1. The van der Waals surface area contributed by atoms with E-state index in [2.05, 4.69) is 9.97 Å². The van der Waals surface area contributed by atoms with Crippen molar-refractivity contribution in [3.05, 3.63) is 65.6 Å². The summed E-state index contributed by atoms with van der Waals surface area (Å²) in [6.45, 7) is 5.19. The van der Waals surface area contributed by atoms with Gasteiger partial charge in [0.25, 0.3) is 0 Å². The molecule has 1 saturated heterocycles. The number of hydrogen-bond acceptors (Lipinski definition) is 5. The smallest absolute Gasteiger partial charge is 0.242 e. The van der Waals surface area contributed by atoms with Crippen LogP contribution in [0.2, 0.25) is 0 Å². The standard InChI is InChI=1S/C23H24N4O2/c1-3-29-18-9-10-19-17(11-12-24-21(19)15-18)14-22(20-7-4-6-16(2)25-20)26-27-13-5-8-23(27)28/h4,6-7,9-12,15H,3,5,8,13-14H2,1-2H3. The van der Waals surface area contributed by atoms with Gasteiger partial charge in [0.05, 0.1) is 23.5 Å². The van der Waals surface area contributed by atoms with Crippen LogP contribution in [0.15, 0.2) is 53.8 Å². The highest BCUT2D eigenvalue weighted by atomic mass is 16.5. The monoisotopic (exact) mass is 388 g/mol. The van der Waals surface area contributed by atoms with E-state index in [0.29, 0.717) is 26.0 Å². The molecule has 0 radical (unpaired) electrons. The number of carbonyl (C=O) groups is 1. The maximum Gasteiger partial charge on any atom is 0.242 e. The Kier molecular flexibility index (Phi) is 5.51. The second kappa shape index (κ2) is 8.39. The molecule has 0 bridgehead atoms. The number of aromatic nitrogens is 2. The molecule has 0 atom stereocenters. The number of carbonyl (C=O) groups excluding carboxylic acids is 1. The summed E-state index contributed by atoms with van der Waals surface area (Å²) in [6, 6.07) is 13.8. The van der Waals surface area contributed by atoms with Crippen LogP contribution in [0.5, 0.6) is 5.75 Å². The highest BCUT2D eigenvalue weighted by Crippen LogP contribution is 2.24. The molecule has 0 N–H and O–H groups in total. The first-order chi connectivity index (χ1) is 14.1. The van der Waals surface area contributed by atoms with Gasteiger partial charge in [-0.1, -0.05) is 6.07 Å². The van der Waals surface area contributed by atoms with Crippen molar-refractivity contribution in [1.29, 1.82) is 0 Å². The normalized spacial score (nSPS) is 14.6. The van der Waals surface area contributed by atoms with Crippen LogP contribution in [0, 0.1) is 6.92 Å². The highest BCUT2D eigenvalue weighted by Gasteiger charge is 2.21. The van der Waals surface area contributed by atoms with Crippen molar-refractivity contribution in [3.8, 4) is 5.75 Å². The van der Waals surface area contributed by atoms with Crippen LogP contribution in [0.25, 0.3) is 10.9 Å². The van der Waals surface area contributed by atoms with Crippen LogP contribution in [-0.2, 0) is 11.2 Å². The summed E-state index contributed by atoms with van der Waals surface area (Å²) in [4.78, 5) is 21.3. The summed E-state index contributed by atoms with van der Waals surface area (Å²) in [6.07, 6.45) is 3.76. The maximum absolute atomic E-state index is 12.1. The van der Waals surface area contributed by atoms with Gasteiger partial charge in [-0.2, -0.15) is 5.10 Å². The van der Waals surface area contributed by atoms with Crippen molar-refractivity contribution < 1.29 is 9.53 Å². The molecule has 0 spiro atoms. The molecule has 4 rings (SSSR count). The van der Waals surface area contributed by atoms with Crippen LogP contribution in [0.4, 0.5) is 0 Å². The average Bonchev–Trinajstić information content (AvgIpc) is 3.12. The molecule has 1 fully saturated rings. The van der Waals surface area contributed by atoms with E-state index in [1.54, 1.807) is 11.2 Å². The van der Waals surface area contributed by atoms with Gasteiger partial charge in [-0.05, 0) is 56.2 Å². The van der Waals surface area contributed by atoms with Crippen LogP contribution >= 0.6 is 0 Å². The lowest BCUT2D eigenvalue weighted by atomic mass is 10.0. The van der Waals surface area contributed by atoms with Crippen molar-refractivity contribution in [1.82, 2.24) is 15.0 Å². The number of pyridine rings is 2. The second-order valence-electron chi connectivity index (χ2n) is 7.09. The van der Waals surface area contributed by atoms with Gasteiger partial charge in [-0.15, -0.1) is 0 Å². The SMILES string of the molecule is CCOc1ccc2c(CC(=NN3CCCC3=O)c3cccc(C)n3)ccnc2c1. The topological polar surface area (TPSA) is 67.7 Å². The lowest BCUT2D eigenvalue weighted by molar-refractivity contribution is -0.127. The first-order valence-corrected chi connectivity index (χ1v) is 9.96. The van der Waals surface area contributed by atoms with Gasteiger partial charge in [0.2, 0.25) is 5.91 Å². The number of hydrogen-bond donors (Lipinski definition) is 0. The molecule has 6 heteroatoms. The molecule has 0 unspecified atom stereocenters. The zero-order chi connectivity index (χ0) is 20.2. The largest absolute Gasteiger partial charge is 0.494 e. The minimum Gasteiger partial charge on any atom is -0.494 e. The molecule has 1 amide bonds. The fraction of sp³-hybridized carbons (Fsp3) is 0.304. The number of nitrogens with zero attached hydrogens (tertiary/aromatic N) is 4. The van der Waals surface area contributed by atoms with Gasteiger partial charge in [0.1, 0.15) is 5.75 Å². The van der Waals surface area contributed by atoms with Crippen molar-refractivity contribution >= 4 is 22.5 Å². The Labute approximate surface area is 170 Å². The molecule has 3 heterocycles. The minimum atomic E-state index is 0.0658. The summed E-state index contributed by atoms with van der Waals surface area (Å²) in [5, 5.41) is 7.33. The van der Waals surface area contributed by atoms with E-state index < -0.39 is 0 Å². The minimum absolute atomic E-state index is 0.0658. The third kappa shape index (κ3) is 4.26. The Hall–Kier alpha value is -3.28.